The highest BCUT2D eigenvalue weighted by atomic mass is 16.6. The molecule has 0 spiro atoms. The molecular weight excluding hydrogens is 380 g/mol. The van der Waals surface area contributed by atoms with Gasteiger partial charge in [0.15, 0.2) is 11.5 Å². The Kier molecular flexibility index (Phi) is 4.36. The summed E-state index contributed by atoms with van der Waals surface area (Å²) in [5, 5.41) is 21.7. The molecule has 0 aliphatic carbocycles. The van der Waals surface area contributed by atoms with Crippen LogP contribution in [-0.4, -0.2) is 31.7 Å². The van der Waals surface area contributed by atoms with Crippen LogP contribution in [-0.2, 0) is 4.79 Å². The van der Waals surface area contributed by atoms with E-state index in [1.807, 2.05) is 0 Å². The number of nitrogens with zero attached hydrogens (tertiary/aromatic N) is 4. The van der Waals surface area contributed by atoms with E-state index >= 15 is 0 Å². The number of hydrogen-bond donors (Lipinski definition) is 1. The zero-order valence-corrected chi connectivity index (χ0v) is 14.6. The number of aliphatic hydroxyl groups is 1. The zero-order valence-electron chi connectivity index (χ0n) is 14.6. The van der Waals surface area contributed by atoms with Crippen molar-refractivity contribution in [3.63, 3.8) is 0 Å². The van der Waals surface area contributed by atoms with Gasteiger partial charge in [-0.2, -0.15) is 0 Å². The average Bonchev–Trinajstić information content (AvgIpc) is 3.36. The fraction of sp³-hybridized carbons (Fsp3) is 0.0526. The largest absolute Gasteiger partial charge is 0.503 e. The molecule has 1 aliphatic rings. The third-order valence-electron chi connectivity index (χ3n) is 4.36. The first-order valence-electron chi connectivity index (χ1n) is 8.35. The van der Waals surface area contributed by atoms with Crippen molar-refractivity contribution < 1.29 is 24.0 Å². The Morgan fingerprint density at radius 3 is 2.59 bits per heavy atom. The SMILES string of the molecule is O=C(C1=C(O)C(=O)N(c2ncccn2)[C@@H]1c1cccc([N+](=O)[O-])c1)c1ccco1. The standard InChI is InChI=1S/C19H12N4O6/c24-16(13-6-2-9-29-13)14-15(11-4-1-5-12(10-11)23(27)28)22(18(26)17(14)25)19-20-7-3-8-21-19/h1-10,15,25H/t15-/m1/s1. The topological polar surface area (TPSA) is 140 Å². The summed E-state index contributed by atoms with van der Waals surface area (Å²) in [5.41, 5.74) is -0.281. The number of nitro benzene ring substituents is 1. The van der Waals surface area contributed by atoms with Gasteiger partial charge in [-0.05, 0) is 23.8 Å². The molecule has 3 aromatic rings. The van der Waals surface area contributed by atoms with Crippen LogP contribution in [0.25, 0.3) is 0 Å². The second kappa shape index (κ2) is 7.00. The first-order valence-corrected chi connectivity index (χ1v) is 8.35. The Hall–Kier alpha value is -4.34. The van der Waals surface area contributed by atoms with Crippen LogP contribution in [0.15, 0.2) is 76.9 Å². The number of anilines is 1. The molecule has 4 rings (SSSR count). The summed E-state index contributed by atoms with van der Waals surface area (Å²) >= 11 is 0. The fourth-order valence-corrected chi connectivity index (χ4v) is 3.12. The third kappa shape index (κ3) is 3.02. The van der Waals surface area contributed by atoms with Gasteiger partial charge in [-0.15, -0.1) is 0 Å². The number of non-ortho nitro benzene ring substituents is 1. The number of amides is 1. The van der Waals surface area contributed by atoms with E-state index in [9.17, 15) is 24.8 Å². The predicted molar refractivity (Wildman–Crippen MR) is 98.0 cm³/mol. The highest BCUT2D eigenvalue weighted by Gasteiger charge is 2.46. The molecule has 0 unspecified atom stereocenters. The van der Waals surface area contributed by atoms with Gasteiger partial charge in [0.2, 0.25) is 11.7 Å². The van der Waals surface area contributed by atoms with Crippen molar-refractivity contribution in [1.29, 1.82) is 0 Å². The van der Waals surface area contributed by atoms with Crippen LogP contribution in [0.3, 0.4) is 0 Å². The summed E-state index contributed by atoms with van der Waals surface area (Å²) in [6, 6.07) is 8.67. The Morgan fingerprint density at radius 2 is 1.93 bits per heavy atom. The summed E-state index contributed by atoms with van der Waals surface area (Å²) in [6.07, 6.45) is 4.06. The summed E-state index contributed by atoms with van der Waals surface area (Å²) in [4.78, 5) is 45.5. The van der Waals surface area contributed by atoms with Gasteiger partial charge in [0.05, 0.1) is 22.8 Å². The number of Topliss-reactive ketones (excluding diaryl/α,β-unsaturated/α-hetero) is 1. The van der Waals surface area contributed by atoms with Gasteiger partial charge in [0.1, 0.15) is 0 Å². The van der Waals surface area contributed by atoms with Gasteiger partial charge in [0, 0.05) is 24.5 Å². The third-order valence-corrected chi connectivity index (χ3v) is 4.36. The van der Waals surface area contributed by atoms with Crippen molar-refractivity contribution in [2.75, 3.05) is 4.90 Å². The lowest BCUT2D eigenvalue weighted by Gasteiger charge is -2.24. The van der Waals surface area contributed by atoms with E-state index in [4.69, 9.17) is 4.42 Å². The molecule has 3 heterocycles. The number of carbonyl (C=O) groups is 2. The predicted octanol–water partition coefficient (Wildman–Crippen LogP) is 2.76. The molecule has 0 saturated heterocycles. The molecule has 10 nitrogen and oxygen atoms in total. The van der Waals surface area contributed by atoms with E-state index in [1.54, 1.807) is 0 Å². The molecule has 0 bridgehead atoms. The quantitative estimate of drug-likeness (QED) is 0.397. The first-order chi connectivity index (χ1) is 14.0. The van der Waals surface area contributed by atoms with Crippen molar-refractivity contribution in [2.45, 2.75) is 6.04 Å². The van der Waals surface area contributed by atoms with E-state index < -0.39 is 28.4 Å². The maximum absolute atomic E-state index is 13.0. The molecule has 0 radical (unpaired) electrons. The van der Waals surface area contributed by atoms with Gasteiger partial charge < -0.3 is 9.52 Å². The summed E-state index contributed by atoms with van der Waals surface area (Å²) < 4.78 is 5.11. The van der Waals surface area contributed by atoms with Crippen LogP contribution < -0.4 is 4.90 Å². The number of ketones is 1. The van der Waals surface area contributed by atoms with Gasteiger partial charge >= 0.3 is 0 Å². The lowest BCUT2D eigenvalue weighted by Crippen LogP contribution is -2.32. The summed E-state index contributed by atoms with van der Waals surface area (Å²) in [5.74, 6) is -2.58. The minimum atomic E-state index is -1.18. The molecule has 29 heavy (non-hydrogen) atoms. The zero-order chi connectivity index (χ0) is 20.5. The van der Waals surface area contributed by atoms with Crippen LogP contribution in [0, 0.1) is 10.1 Å². The van der Waals surface area contributed by atoms with Gasteiger partial charge in [-0.1, -0.05) is 12.1 Å². The highest BCUT2D eigenvalue weighted by molar-refractivity contribution is 6.19. The molecular formula is C19H12N4O6. The lowest BCUT2D eigenvalue weighted by atomic mass is 9.95. The average molecular weight is 392 g/mol. The van der Waals surface area contributed by atoms with E-state index in [-0.39, 0.29) is 28.5 Å². The first kappa shape index (κ1) is 18.0. The molecule has 1 N–H and O–H groups in total. The normalized spacial score (nSPS) is 16.3. The number of aromatic nitrogens is 2. The molecule has 0 fully saturated rings. The Morgan fingerprint density at radius 1 is 1.17 bits per heavy atom. The Bertz CT molecular complexity index is 1140. The lowest BCUT2D eigenvalue weighted by molar-refractivity contribution is -0.384. The number of nitro groups is 1. The monoisotopic (exact) mass is 392 g/mol. The molecule has 0 saturated carbocycles. The van der Waals surface area contributed by atoms with Crippen LogP contribution in [0.5, 0.6) is 0 Å². The van der Waals surface area contributed by atoms with E-state index in [1.165, 1.54) is 61.1 Å². The van der Waals surface area contributed by atoms with E-state index in [0.29, 0.717) is 0 Å². The van der Waals surface area contributed by atoms with E-state index in [0.717, 1.165) is 4.90 Å². The molecule has 1 aliphatic heterocycles. The summed E-state index contributed by atoms with van der Waals surface area (Å²) in [6.45, 7) is 0. The molecule has 1 atom stereocenters. The Balaban J connectivity index is 1.91. The second-order valence-electron chi connectivity index (χ2n) is 6.05. The maximum atomic E-state index is 13.0. The number of carbonyl (C=O) groups excluding carboxylic acids is 2. The summed E-state index contributed by atoms with van der Waals surface area (Å²) in [7, 11) is 0. The van der Waals surface area contributed by atoms with Gasteiger partial charge in [0.25, 0.3) is 11.6 Å². The molecule has 10 heteroatoms. The fourth-order valence-electron chi connectivity index (χ4n) is 3.12. The number of rotatable bonds is 5. The van der Waals surface area contributed by atoms with Crippen molar-refractivity contribution >= 4 is 23.3 Å². The van der Waals surface area contributed by atoms with Crippen molar-refractivity contribution in [2.24, 2.45) is 0 Å². The van der Waals surface area contributed by atoms with Crippen LogP contribution in [0.2, 0.25) is 0 Å². The van der Waals surface area contributed by atoms with Crippen LogP contribution in [0.4, 0.5) is 11.6 Å². The van der Waals surface area contributed by atoms with E-state index in [2.05, 4.69) is 9.97 Å². The molecule has 144 valence electrons. The minimum absolute atomic E-state index is 0.0669. The smallest absolute Gasteiger partial charge is 0.296 e. The number of hydrogen-bond acceptors (Lipinski definition) is 8. The molecule has 2 aromatic heterocycles. The number of aliphatic hydroxyl groups excluding tert-OH is 1. The van der Waals surface area contributed by atoms with Crippen LogP contribution in [0.1, 0.15) is 22.2 Å². The van der Waals surface area contributed by atoms with Crippen LogP contribution >= 0.6 is 0 Å². The number of benzene rings is 1. The van der Waals surface area contributed by atoms with Crippen molar-refractivity contribution in [1.82, 2.24) is 9.97 Å². The second-order valence-corrected chi connectivity index (χ2v) is 6.05. The maximum Gasteiger partial charge on any atom is 0.296 e. The minimum Gasteiger partial charge on any atom is -0.503 e. The molecule has 1 aromatic carbocycles. The van der Waals surface area contributed by atoms with Crippen molar-refractivity contribution in [3.8, 4) is 0 Å². The highest BCUT2D eigenvalue weighted by Crippen LogP contribution is 2.41. The van der Waals surface area contributed by atoms with Crippen molar-refractivity contribution in [3.05, 3.63) is 93.9 Å². The van der Waals surface area contributed by atoms with Gasteiger partial charge in [-0.3, -0.25) is 24.6 Å². The molecule has 1 amide bonds. The number of furan rings is 1. The van der Waals surface area contributed by atoms with Gasteiger partial charge in [-0.25, -0.2) is 9.97 Å². The Labute approximate surface area is 162 Å².